The molecule has 0 radical (unpaired) electrons. The zero-order valence-electron chi connectivity index (χ0n) is 12.4. The lowest BCUT2D eigenvalue weighted by Crippen LogP contribution is -2.05. The molecule has 1 N–H and O–H groups in total. The second-order valence-electron chi connectivity index (χ2n) is 4.90. The van der Waals surface area contributed by atoms with Crippen LogP contribution in [0.25, 0.3) is 10.9 Å². The van der Waals surface area contributed by atoms with Crippen LogP contribution in [0.4, 0.5) is 5.82 Å². The summed E-state index contributed by atoms with van der Waals surface area (Å²) in [7, 11) is 1.36. The third-order valence-electron chi connectivity index (χ3n) is 3.41. The molecule has 0 saturated heterocycles. The minimum absolute atomic E-state index is 0.201. The third-order valence-corrected chi connectivity index (χ3v) is 3.58. The van der Waals surface area contributed by atoms with Crippen molar-refractivity contribution in [2.45, 2.75) is 6.54 Å². The normalized spacial score (nSPS) is 10.5. The number of methoxy groups -OCH3 is 1. The summed E-state index contributed by atoms with van der Waals surface area (Å²) in [4.78, 5) is 19.9. The summed E-state index contributed by atoms with van der Waals surface area (Å²) in [5, 5.41) is 4.36. The van der Waals surface area contributed by atoms with Gasteiger partial charge in [0.1, 0.15) is 5.82 Å². The highest BCUT2D eigenvalue weighted by atomic mass is 35.5. The SMILES string of the molecule is COC(=O)c1ccc(CNc2nc(Cl)nc3ccccc23)cc1. The number of para-hydroxylation sites is 1. The fourth-order valence-corrected chi connectivity index (χ4v) is 2.42. The van der Waals surface area contributed by atoms with Crippen LogP contribution in [0.1, 0.15) is 15.9 Å². The first kappa shape index (κ1) is 15.2. The molecule has 0 saturated carbocycles. The Kier molecular flexibility index (Phi) is 4.39. The Morgan fingerprint density at radius 3 is 2.61 bits per heavy atom. The number of fused-ring (bicyclic) bond motifs is 1. The molecule has 2 aromatic carbocycles. The number of hydrogen-bond acceptors (Lipinski definition) is 5. The Balaban J connectivity index is 1.79. The molecule has 0 bridgehead atoms. The van der Waals surface area contributed by atoms with E-state index in [4.69, 9.17) is 11.6 Å². The summed E-state index contributed by atoms with van der Waals surface area (Å²) in [5.41, 5.74) is 2.32. The van der Waals surface area contributed by atoms with Gasteiger partial charge in [-0.3, -0.25) is 0 Å². The maximum atomic E-state index is 11.4. The number of carbonyl (C=O) groups excluding carboxylic acids is 1. The molecule has 23 heavy (non-hydrogen) atoms. The van der Waals surface area contributed by atoms with Gasteiger partial charge in [-0.25, -0.2) is 14.8 Å². The number of benzene rings is 2. The molecule has 0 spiro atoms. The number of rotatable bonds is 4. The predicted octanol–water partition coefficient (Wildman–Crippen LogP) is 3.68. The first-order valence-corrected chi connectivity index (χ1v) is 7.38. The predicted molar refractivity (Wildman–Crippen MR) is 89.7 cm³/mol. The maximum Gasteiger partial charge on any atom is 0.337 e. The summed E-state index contributed by atoms with van der Waals surface area (Å²) < 4.78 is 4.68. The van der Waals surface area contributed by atoms with Gasteiger partial charge in [0.2, 0.25) is 5.28 Å². The molecule has 0 aliphatic carbocycles. The smallest absolute Gasteiger partial charge is 0.337 e. The van der Waals surface area contributed by atoms with Crippen molar-refractivity contribution >= 4 is 34.3 Å². The average Bonchev–Trinajstić information content (AvgIpc) is 2.59. The summed E-state index contributed by atoms with van der Waals surface area (Å²) in [6, 6.07) is 14.8. The average molecular weight is 328 g/mol. The Hall–Kier alpha value is -2.66. The molecule has 6 heteroatoms. The number of aromatic nitrogens is 2. The number of ether oxygens (including phenoxy) is 1. The van der Waals surface area contributed by atoms with Gasteiger partial charge in [-0.15, -0.1) is 0 Å². The standard InChI is InChI=1S/C17H14ClN3O2/c1-23-16(22)12-8-6-11(7-9-12)10-19-15-13-4-2-3-5-14(13)20-17(18)21-15/h2-9H,10H2,1H3,(H,19,20,21). The quantitative estimate of drug-likeness (QED) is 0.585. The van der Waals surface area contributed by atoms with Gasteiger partial charge in [-0.2, -0.15) is 0 Å². The van der Waals surface area contributed by atoms with Crippen LogP contribution in [0.3, 0.4) is 0 Å². The number of carbonyl (C=O) groups is 1. The highest BCUT2D eigenvalue weighted by Gasteiger charge is 2.07. The second kappa shape index (κ2) is 6.62. The molecule has 0 fully saturated rings. The Morgan fingerprint density at radius 1 is 1.13 bits per heavy atom. The van der Waals surface area contributed by atoms with Crippen molar-refractivity contribution in [2.24, 2.45) is 0 Å². The van der Waals surface area contributed by atoms with Crippen LogP contribution in [0.15, 0.2) is 48.5 Å². The first-order chi connectivity index (χ1) is 11.2. The molecule has 116 valence electrons. The Morgan fingerprint density at radius 2 is 1.87 bits per heavy atom. The van der Waals surface area contributed by atoms with Gasteiger partial charge < -0.3 is 10.1 Å². The van der Waals surface area contributed by atoms with Crippen molar-refractivity contribution in [3.8, 4) is 0 Å². The molecule has 0 unspecified atom stereocenters. The van der Waals surface area contributed by atoms with Gasteiger partial charge >= 0.3 is 5.97 Å². The highest BCUT2D eigenvalue weighted by Crippen LogP contribution is 2.22. The van der Waals surface area contributed by atoms with Crippen LogP contribution < -0.4 is 5.32 Å². The molecule has 1 aromatic heterocycles. The topological polar surface area (TPSA) is 64.1 Å². The summed E-state index contributed by atoms with van der Waals surface area (Å²) >= 11 is 5.96. The lowest BCUT2D eigenvalue weighted by Gasteiger charge is -2.09. The van der Waals surface area contributed by atoms with Crippen molar-refractivity contribution in [2.75, 3.05) is 12.4 Å². The van der Waals surface area contributed by atoms with E-state index >= 15 is 0 Å². The van der Waals surface area contributed by atoms with Crippen molar-refractivity contribution in [1.29, 1.82) is 0 Å². The van der Waals surface area contributed by atoms with E-state index in [2.05, 4.69) is 20.0 Å². The van der Waals surface area contributed by atoms with E-state index in [1.54, 1.807) is 12.1 Å². The molecular formula is C17H14ClN3O2. The van der Waals surface area contributed by atoms with Gasteiger partial charge in [-0.1, -0.05) is 24.3 Å². The molecule has 5 nitrogen and oxygen atoms in total. The van der Waals surface area contributed by atoms with Gasteiger partial charge in [0, 0.05) is 11.9 Å². The lowest BCUT2D eigenvalue weighted by atomic mass is 10.1. The number of halogens is 1. The number of esters is 1. The van der Waals surface area contributed by atoms with Gasteiger partial charge in [0.25, 0.3) is 0 Å². The fourth-order valence-electron chi connectivity index (χ4n) is 2.25. The van der Waals surface area contributed by atoms with Gasteiger partial charge in [-0.05, 0) is 41.4 Å². The Bertz CT molecular complexity index is 850. The lowest BCUT2D eigenvalue weighted by molar-refractivity contribution is 0.0600. The molecule has 0 atom stereocenters. The maximum absolute atomic E-state index is 11.4. The second-order valence-corrected chi connectivity index (χ2v) is 5.24. The van der Waals surface area contributed by atoms with Crippen molar-refractivity contribution in [3.05, 3.63) is 64.9 Å². The Labute approximate surface area is 138 Å². The summed E-state index contributed by atoms with van der Waals surface area (Å²) in [5.74, 6) is 0.329. The fraction of sp³-hybridized carbons (Fsp3) is 0.118. The molecule has 1 heterocycles. The van der Waals surface area contributed by atoms with E-state index < -0.39 is 0 Å². The minimum atomic E-state index is -0.349. The highest BCUT2D eigenvalue weighted by molar-refractivity contribution is 6.28. The van der Waals surface area contributed by atoms with E-state index in [9.17, 15) is 4.79 Å². The van der Waals surface area contributed by atoms with Crippen LogP contribution in [-0.2, 0) is 11.3 Å². The molecule has 3 rings (SSSR count). The van der Waals surface area contributed by atoms with Crippen LogP contribution in [-0.4, -0.2) is 23.0 Å². The number of nitrogens with zero attached hydrogens (tertiary/aromatic N) is 2. The molecule has 0 aliphatic heterocycles. The molecule has 0 amide bonds. The molecule has 3 aromatic rings. The van der Waals surface area contributed by atoms with Crippen LogP contribution in [0.5, 0.6) is 0 Å². The van der Waals surface area contributed by atoms with Crippen LogP contribution in [0, 0.1) is 0 Å². The first-order valence-electron chi connectivity index (χ1n) is 7.01. The monoisotopic (exact) mass is 327 g/mol. The van der Waals surface area contributed by atoms with Crippen molar-refractivity contribution in [3.63, 3.8) is 0 Å². The van der Waals surface area contributed by atoms with E-state index in [1.165, 1.54) is 7.11 Å². The number of nitrogens with one attached hydrogen (secondary N) is 1. The van der Waals surface area contributed by atoms with Crippen molar-refractivity contribution < 1.29 is 9.53 Å². The van der Waals surface area contributed by atoms with Gasteiger partial charge in [0.05, 0.1) is 18.2 Å². The molecular weight excluding hydrogens is 314 g/mol. The van der Waals surface area contributed by atoms with Gasteiger partial charge in [0.15, 0.2) is 0 Å². The summed E-state index contributed by atoms with van der Waals surface area (Å²) in [6.07, 6.45) is 0. The summed E-state index contributed by atoms with van der Waals surface area (Å²) in [6.45, 7) is 0.554. The molecule has 0 aliphatic rings. The number of anilines is 1. The zero-order valence-corrected chi connectivity index (χ0v) is 13.2. The van der Waals surface area contributed by atoms with Crippen molar-refractivity contribution in [1.82, 2.24) is 9.97 Å². The third kappa shape index (κ3) is 3.40. The largest absolute Gasteiger partial charge is 0.465 e. The van der Waals surface area contributed by atoms with E-state index in [0.717, 1.165) is 16.5 Å². The van der Waals surface area contributed by atoms with Crippen LogP contribution in [0.2, 0.25) is 5.28 Å². The van der Waals surface area contributed by atoms with E-state index in [0.29, 0.717) is 17.9 Å². The minimum Gasteiger partial charge on any atom is -0.465 e. The zero-order chi connectivity index (χ0) is 16.2. The van der Waals surface area contributed by atoms with E-state index in [1.807, 2.05) is 36.4 Å². The van der Waals surface area contributed by atoms with E-state index in [-0.39, 0.29) is 11.3 Å². The van der Waals surface area contributed by atoms with Crippen LogP contribution >= 0.6 is 11.6 Å². The number of hydrogen-bond donors (Lipinski definition) is 1.